The average Bonchev–Trinajstić information content (AvgIpc) is 2.71. The first kappa shape index (κ1) is 24.8. The van der Waals surface area contributed by atoms with Crippen LogP contribution in [0.2, 0.25) is 0 Å². The number of halogens is 1. The smallest absolute Gasteiger partial charge is 0.211 e. The molecule has 1 aromatic carbocycles. The van der Waals surface area contributed by atoms with E-state index in [4.69, 9.17) is 4.74 Å². The van der Waals surface area contributed by atoms with E-state index in [9.17, 15) is 8.42 Å². The van der Waals surface area contributed by atoms with E-state index < -0.39 is 10.0 Å². The number of nitrogens with one attached hydrogen (secondary N) is 2. The second-order valence-corrected chi connectivity index (χ2v) is 8.40. The summed E-state index contributed by atoms with van der Waals surface area (Å²) in [6, 6.07) is 8.11. The van der Waals surface area contributed by atoms with Gasteiger partial charge in [0, 0.05) is 58.1 Å². The van der Waals surface area contributed by atoms with Crippen LogP contribution < -0.4 is 19.7 Å². The molecular weight excluding hydrogens is 493 g/mol. The van der Waals surface area contributed by atoms with Crippen molar-refractivity contribution in [2.75, 3.05) is 64.1 Å². The molecule has 1 aliphatic rings. The zero-order valence-electron chi connectivity index (χ0n) is 16.8. The van der Waals surface area contributed by atoms with Crippen LogP contribution in [0, 0.1) is 0 Å². The lowest BCUT2D eigenvalue weighted by Gasteiger charge is -2.37. The maximum absolute atomic E-state index is 11.4. The standard InChI is InChI=1S/C18H31N5O3S.HI/c1-4-27(24,25)21-10-6-9-20-18(19-2)23-13-11-22(12-14-23)16-7-5-8-17(15-16)26-3;/h5,7-8,15,21H,4,6,9-14H2,1-3H3,(H,19,20);1H. The molecule has 1 heterocycles. The van der Waals surface area contributed by atoms with Crippen LogP contribution in [0.15, 0.2) is 29.3 Å². The third-order valence-corrected chi connectivity index (χ3v) is 5.95. The number of ether oxygens (including phenoxy) is 1. The molecule has 1 aliphatic heterocycles. The number of piperazine rings is 1. The molecule has 28 heavy (non-hydrogen) atoms. The zero-order chi connectivity index (χ0) is 19.7. The molecule has 1 fully saturated rings. The minimum atomic E-state index is -3.12. The van der Waals surface area contributed by atoms with Gasteiger partial charge in [0.05, 0.1) is 12.9 Å². The Bertz CT molecular complexity index is 722. The summed E-state index contributed by atoms with van der Waals surface area (Å²) in [5.41, 5.74) is 1.17. The second-order valence-electron chi connectivity index (χ2n) is 6.30. The SMILES string of the molecule is CCS(=O)(=O)NCCCNC(=NC)N1CCN(c2cccc(OC)c2)CC1.I. The summed E-state index contributed by atoms with van der Waals surface area (Å²) in [4.78, 5) is 8.92. The van der Waals surface area contributed by atoms with Gasteiger partial charge in [-0.05, 0) is 25.5 Å². The highest BCUT2D eigenvalue weighted by Gasteiger charge is 2.20. The molecule has 1 aromatic rings. The fraction of sp³-hybridized carbons (Fsp3) is 0.611. The molecular formula is C18H32IN5O3S. The Balaban J connectivity index is 0.00000392. The van der Waals surface area contributed by atoms with E-state index in [-0.39, 0.29) is 29.7 Å². The first-order chi connectivity index (χ1) is 13.0. The highest BCUT2D eigenvalue weighted by molar-refractivity contribution is 14.0. The van der Waals surface area contributed by atoms with Crippen molar-refractivity contribution in [2.24, 2.45) is 4.99 Å². The zero-order valence-corrected chi connectivity index (χ0v) is 20.0. The number of benzene rings is 1. The van der Waals surface area contributed by atoms with E-state index in [2.05, 4.69) is 37.0 Å². The molecule has 0 spiro atoms. The van der Waals surface area contributed by atoms with E-state index in [0.717, 1.165) is 37.9 Å². The fourth-order valence-corrected chi connectivity index (χ4v) is 3.59. The van der Waals surface area contributed by atoms with Crippen molar-refractivity contribution < 1.29 is 13.2 Å². The van der Waals surface area contributed by atoms with E-state index in [1.54, 1.807) is 21.1 Å². The minimum Gasteiger partial charge on any atom is -0.497 e. The van der Waals surface area contributed by atoms with Gasteiger partial charge in [-0.1, -0.05) is 6.07 Å². The van der Waals surface area contributed by atoms with Gasteiger partial charge < -0.3 is 19.9 Å². The summed E-state index contributed by atoms with van der Waals surface area (Å²) in [6.07, 6.45) is 0.710. The summed E-state index contributed by atoms with van der Waals surface area (Å²) in [5, 5.41) is 3.32. The molecule has 2 rings (SSSR count). The number of hydrogen-bond acceptors (Lipinski definition) is 5. The second kappa shape index (κ2) is 12.3. The van der Waals surface area contributed by atoms with Gasteiger partial charge in [-0.2, -0.15) is 0 Å². The number of guanidine groups is 1. The Labute approximate surface area is 185 Å². The topological polar surface area (TPSA) is 86.3 Å². The van der Waals surface area contributed by atoms with Crippen LogP contribution in [-0.4, -0.2) is 78.5 Å². The number of aliphatic imine (C=N–C) groups is 1. The predicted molar refractivity (Wildman–Crippen MR) is 126 cm³/mol. The van der Waals surface area contributed by atoms with E-state index in [1.165, 1.54) is 5.69 Å². The van der Waals surface area contributed by atoms with Gasteiger partial charge in [-0.25, -0.2) is 13.1 Å². The molecule has 160 valence electrons. The lowest BCUT2D eigenvalue weighted by atomic mass is 10.2. The van der Waals surface area contributed by atoms with E-state index >= 15 is 0 Å². The maximum Gasteiger partial charge on any atom is 0.211 e. The van der Waals surface area contributed by atoms with Crippen molar-refractivity contribution in [1.82, 2.24) is 14.9 Å². The number of hydrogen-bond donors (Lipinski definition) is 2. The molecule has 0 unspecified atom stereocenters. The van der Waals surface area contributed by atoms with Crippen LogP contribution >= 0.6 is 24.0 Å². The van der Waals surface area contributed by atoms with Crippen LogP contribution in [0.1, 0.15) is 13.3 Å². The Morgan fingerprint density at radius 3 is 2.54 bits per heavy atom. The maximum atomic E-state index is 11.4. The highest BCUT2D eigenvalue weighted by atomic mass is 127. The van der Waals surface area contributed by atoms with Crippen LogP contribution in [0.25, 0.3) is 0 Å². The van der Waals surface area contributed by atoms with Crippen LogP contribution in [0.4, 0.5) is 5.69 Å². The largest absolute Gasteiger partial charge is 0.497 e. The lowest BCUT2D eigenvalue weighted by Crippen LogP contribution is -2.52. The molecule has 0 aromatic heterocycles. The molecule has 8 nitrogen and oxygen atoms in total. The summed E-state index contributed by atoms with van der Waals surface area (Å²) in [7, 11) is 0.338. The normalized spacial score (nSPS) is 15.2. The fourth-order valence-electron chi connectivity index (χ4n) is 2.93. The van der Waals surface area contributed by atoms with Crippen molar-refractivity contribution in [3.63, 3.8) is 0 Å². The number of methoxy groups -OCH3 is 1. The number of anilines is 1. The van der Waals surface area contributed by atoms with Gasteiger partial charge in [0.1, 0.15) is 5.75 Å². The molecule has 10 heteroatoms. The van der Waals surface area contributed by atoms with Crippen molar-refractivity contribution in [2.45, 2.75) is 13.3 Å². The van der Waals surface area contributed by atoms with E-state index in [0.29, 0.717) is 19.5 Å². The molecule has 1 saturated heterocycles. The lowest BCUT2D eigenvalue weighted by molar-refractivity contribution is 0.372. The quantitative estimate of drug-likeness (QED) is 0.231. The summed E-state index contributed by atoms with van der Waals surface area (Å²) >= 11 is 0. The van der Waals surface area contributed by atoms with Crippen LogP contribution in [0.3, 0.4) is 0 Å². The van der Waals surface area contributed by atoms with Crippen molar-refractivity contribution in [3.05, 3.63) is 24.3 Å². The van der Waals surface area contributed by atoms with Gasteiger partial charge in [0.25, 0.3) is 0 Å². The first-order valence-electron chi connectivity index (χ1n) is 9.31. The Morgan fingerprint density at radius 1 is 1.21 bits per heavy atom. The predicted octanol–water partition coefficient (Wildman–Crippen LogP) is 1.34. The average molecular weight is 525 g/mol. The first-order valence-corrected chi connectivity index (χ1v) is 11.0. The van der Waals surface area contributed by atoms with Gasteiger partial charge >= 0.3 is 0 Å². The van der Waals surface area contributed by atoms with Crippen LogP contribution in [-0.2, 0) is 10.0 Å². The minimum absolute atomic E-state index is 0. The van der Waals surface area contributed by atoms with Gasteiger partial charge in [-0.15, -0.1) is 24.0 Å². The Kier molecular flexibility index (Phi) is 10.9. The Hall–Kier alpha value is -1.27. The molecule has 2 N–H and O–H groups in total. The molecule has 0 atom stereocenters. The van der Waals surface area contributed by atoms with Crippen molar-refractivity contribution in [3.8, 4) is 5.75 Å². The molecule has 0 bridgehead atoms. The molecule has 0 amide bonds. The third kappa shape index (κ3) is 7.63. The van der Waals surface area contributed by atoms with Gasteiger partial charge in [-0.3, -0.25) is 4.99 Å². The van der Waals surface area contributed by atoms with E-state index in [1.807, 2.05) is 12.1 Å². The number of rotatable bonds is 8. The number of nitrogens with zero attached hydrogens (tertiary/aromatic N) is 3. The van der Waals surface area contributed by atoms with Crippen LogP contribution in [0.5, 0.6) is 5.75 Å². The molecule has 0 saturated carbocycles. The summed E-state index contributed by atoms with van der Waals surface area (Å²) in [6.45, 7) is 6.30. The molecule has 0 aliphatic carbocycles. The highest BCUT2D eigenvalue weighted by Crippen LogP contribution is 2.22. The van der Waals surface area contributed by atoms with Crippen molar-refractivity contribution >= 4 is 45.6 Å². The van der Waals surface area contributed by atoms with Crippen molar-refractivity contribution in [1.29, 1.82) is 0 Å². The van der Waals surface area contributed by atoms with Gasteiger partial charge in [0.15, 0.2) is 5.96 Å². The summed E-state index contributed by atoms with van der Waals surface area (Å²) in [5.74, 6) is 1.84. The summed E-state index contributed by atoms with van der Waals surface area (Å²) < 4.78 is 30.7. The monoisotopic (exact) mass is 525 g/mol. The number of sulfonamides is 1. The third-order valence-electron chi connectivity index (χ3n) is 4.55. The Morgan fingerprint density at radius 2 is 1.93 bits per heavy atom. The molecule has 0 radical (unpaired) electrons. The van der Waals surface area contributed by atoms with Gasteiger partial charge in [0.2, 0.25) is 10.0 Å².